The maximum absolute atomic E-state index is 5.56. The summed E-state index contributed by atoms with van der Waals surface area (Å²) in [4.78, 5) is 9.67. The van der Waals surface area contributed by atoms with Gasteiger partial charge in [-0.25, -0.2) is 0 Å². The minimum Gasteiger partial charge on any atom is -0.491 e. The van der Waals surface area contributed by atoms with Crippen molar-refractivity contribution in [2.45, 2.75) is 20.8 Å². The molecule has 0 radical (unpaired) electrons. The molecular formula is C18H23N3O2S. The first-order chi connectivity index (χ1) is 11.5. The lowest BCUT2D eigenvalue weighted by Crippen LogP contribution is -2.23. The second-order valence-corrected chi connectivity index (χ2v) is 6.50. The molecule has 0 bridgehead atoms. The summed E-state index contributed by atoms with van der Waals surface area (Å²) in [6.45, 7) is 14.8. The standard InChI is InChI=1S/C18H23N3O2S/c1-11(7-8-15-13(3)22-9-10-23-15)21-17(19-5)16-12(2)14(4)24-18(16)20-6/h7-8H,1,6,9-10H2,2-5H3,(H,19,21)/b8-7-. The Labute approximate surface area is 147 Å². The molecule has 0 saturated heterocycles. The lowest BCUT2D eigenvalue weighted by atomic mass is 10.1. The highest BCUT2D eigenvalue weighted by Crippen LogP contribution is 2.34. The largest absolute Gasteiger partial charge is 0.491 e. The molecule has 0 unspecified atom stereocenters. The van der Waals surface area contributed by atoms with Crippen molar-refractivity contribution in [3.63, 3.8) is 0 Å². The van der Waals surface area contributed by atoms with Crippen LogP contribution in [0.1, 0.15) is 22.9 Å². The van der Waals surface area contributed by atoms with E-state index in [4.69, 9.17) is 9.47 Å². The Morgan fingerprint density at radius 2 is 1.96 bits per heavy atom. The van der Waals surface area contributed by atoms with Crippen LogP contribution in [0.25, 0.3) is 0 Å². The first-order valence-corrected chi connectivity index (χ1v) is 8.44. The van der Waals surface area contributed by atoms with Gasteiger partial charge in [0.25, 0.3) is 0 Å². The maximum atomic E-state index is 5.56. The van der Waals surface area contributed by atoms with Crippen LogP contribution in [0, 0.1) is 13.8 Å². The molecule has 0 amide bonds. The van der Waals surface area contributed by atoms with Crippen LogP contribution in [-0.4, -0.2) is 32.8 Å². The first-order valence-electron chi connectivity index (χ1n) is 7.62. The van der Waals surface area contributed by atoms with E-state index >= 15 is 0 Å². The van der Waals surface area contributed by atoms with Gasteiger partial charge in [-0.05, 0) is 45.2 Å². The predicted octanol–water partition coefficient (Wildman–Crippen LogP) is 4.01. The molecule has 0 aliphatic carbocycles. The zero-order chi connectivity index (χ0) is 17.7. The van der Waals surface area contributed by atoms with Gasteiger partial charge >= 0.3 is 0 Å². The van der Waals surface area contributed by atoms with Gasteiger partial charge in [-0.1, -0.05) is 6.58 Å². The molecule has 1 aromatic rings. The first kappa shape index (κ1) is 18.0. The van der Waals surface area contributed by atoms with Crippen LogP contribution in [0.4, 0.5) is 5.00 Å². The average molecular weight is 345 g/mol. The van der Waals surface area contributed by atoms with Crippen molar-refractivity contribution in [3.8, 4) is 0 Å². The highest BCUT2D eigenvalue weighted by molar-refractivity contribution is 7.16. The van der Waals surface area contributed by atoms with Crippen LogP contribution < -0.4 is 5.32 Å². The van der Waals surface area contributed by atoms with Gasteiger partial charge in [0.05, 0.1) is 5.56 Å². The van der Waals surface area contributed by atoms with Crippen molar-refractivity contribution in [1.82, 2.24) is 5.32 Å². The number of amidine groups is 1. The van der Waals surface area contributed by atoms with Crippen molar-refractivity contribution in [1.29, 1.82) is 0 Å². The Hall–Kier alpha value is -2.34. The topological polar surface area (TPSA) is 55.2 Å². The lowest BCUT2D eigenvalue weighted by molar-refractivity contribution is 0.0708. The van der Waals surface area contributed by atoms with Crippen molar-refractivity contribution in [3.05, 3.63) is 52.0 Å². The van der Waals surface area contributed by atoms with E-state index in [1.807, 2.05) is 19.1 Å². The van der Waals surface area contributed by atoms with Crippen molar-refractivity contribution in [2.24, 2.45) is 9.98 Å². The van der Waals surface area contributed by atoms with Gasteiger partial charge in [0.15, 0.2) is 5.76 Å². The van der Waals surface area contributed by atoms with E-state index in [2.05, 4.69) is 42.4 Å². The maximum Gasteiger partial charge on any atom is 0.156 e. The van der Waals surface area contributed by atoms with E-state index in [1.165, 1.54) is 4.88 Å². The number of nitrogens with one attached hydrogen (secondary N) is 1. The van der Waals surface area contributed by atoms with E-state index in [0.29, 0.717) is 18.9 Å². The Kier molecular flexibility index (Phi) is 5.98. The van der Waals surface area contributed by atoms with E-state index < -0.39 is 0 Å². The quantitative estimate of drug-likeness (QED) is 0.498. The molecule has 2 heterocycles. The summed E-state index contributed by atoms with van der Waals surface area (Å²) in [5, 5.41) is 4.09. The molecule has 0 spiro atoms. The number of aryl methyl sites for hydroxylation is 1. The Balaban J connectivity index is 2.17. The molecule has 128 valence electrons. The minimum absolute atomic E-state index is 0.556. The molecule has 24 heavy (non-hydrogen) atoms. The van der Waals surface area contributed by atoms with Crippen LogP contribution in [0.5, 0.6) is 0 Å². The average Bonchev–Trinajstić information content (AvgIpc) is 2.86. The number of aliphatic imine (C=N–C) groups is 2. The zero-order valence-corrected chi connectivity index (χ0v) is 15.4. The van der Waals surface area contributed by atoms with Gasteiger partial charge in [-0.2, -0.15) is 0 Å². The van der Waals surface area contributed by atoms with Gasteiger partial charge < -0.3 is 14.8 Å². The molecule has 0 saturated carbocycles. The molecule has 1 N–H and O–H groups in total. The fourth-order valence-electron chi connectivity index (χ4n) is 2.28. The van der Waals surface area contributed by atoms with E-state index in [-0.39, 0.29) is 0 Å². The van der Waals surface area contributed by atoms with Gasteiger partial charge in [0.2, 0.25) is 0 Å². The monoisotopic (exact) mass is 345 g/mol. The number of hydrogen-bond donors (Lipinski definition) is 1. The molecule has 0 aromatic carbocycles. The van der Waals surface area contributed by atoms with Crippen LogP contribution >= 0.6 is 11.3 Å². The molecule has 0 fully saturated rings. The van der Waals surface area contributed by atoms with Crippen molar-refractivity contribution >= 4 is 28.9 Å². The highest BCUT2D eigenvalue weighted by Gasteiger charge is 2.17. The summed E-state index contributed by atoms with van der Waals surface area (Å²) < 4.78 is 11.0. The molecule has 1 aromatic heterocycles. The normalized spacial score (nSPS) is 15.2. The number of allylic oxidation sites excluding steroid dienone is 3. The molecular weight excluding hydrogens is 322 g/mol. The summed E-state index contributed by atoms with van der Waals surface area (Å²) in [5.74, 6) is 2.22. The predicted molar refractivity (Wildman–Crippen MR) is 101 cm³/mol. The third kappa shape index (κ3) is 3.94. The van der Waals surface area contributed by atoms with E-state index in [1.54, 1.807) is 18.4 Å². The SMILES string of the molecule is C=Nc1sc(C)c(C)c1/C(=N\C)NC(=C)/C=C\C1=C(C)OCCO1. The Morgan fingerprint density at radius 1 is 1.25 bits per heavy atom. The number of nitrogens with zero attached hydrogens (tertiary/aromatic N) is 2. The van der Waals surface area contributed by atoms with Gasteiger partial charge in [0.1, 0.15) is 29.8 Å². The van der Waals surface area contributed by atoms with Crippen LogP contribution in [0.2, 0.25) is 0 Å². The molecule has 1 aliphatic heterocycles. The summed E-state index contributed by atoms with van der Waals surface area (Å²) in [5.41, 5.74) is 2.82. The summed E-state index contributed by atoms with van der Waals surface area (Å²) >= 11 is 1.61. The molecule has 2 rings (SSSR count). The molecule has 5 nitrogen and oxygen atoms in total. The van der Waals surface area contributed by atoms with E-state index in [0.717, 1.165) is 33.5 Å². The van der Waals surface area contributed by atoms with Crippen molar-refractivity contribution < 1.29 is 9.47 Å². The fraction of sp³-hybridized carbons (Fsp3) is 0.333. The van der Waals surface area contributed by atoms with Gasteiger partial charge in [0, 0.05) is 17.6 Å². The highest BCUT2D eigenvalue weighted by atomic mass is 32.1. The van der Waals surface area contributed by atoms with Gasteiger partial charge in [-0.3, -0.25) is 9.98 Å². The summed E-state index contributed by atoms with van der Waals surface area (Å²) in [6, 6.07) is 0. The number of thiophene rings is 1. The molecule has 1 aliphatic rings. The minimum atomic E-state index is 0.556. The molecule has 0 atom stereocenters. The summed E-state index contributed by atoms with van der Waals surface area (Å²) in [6.07, 6.45) is 3.68. The number of ether oxygens (including phenoxy) is 2. The molecule has 6 heteroatoms. The van der Waals surface area contributed by atoms with E-state index in [9.17, 15) is 0 Å². The van der Waals surface area contributed by atoms with Crippen LogP contribution in [-0.2, 0) is 9.47 Å². The van der Waals surface area contributed by atoms with Crippen LogP contribution in [0.3, 0.4) is 0 Å². The number of hydrogen-bond acceptors (Lipinski definition) is 5. The third-order valence-electron chi connectivity index (χ3n) is 3.69. The van der Waals surface area contributed by atoms with Crippen molar-refractivity contribution in [2.75, 3.05) is 20.3 Å². The van der Waals surface area contributed by atoms with Gasteiger partial charge in [-0.15, -0.1) is 11.3 Å². The fourth-order valence-corrected chi connectivity index (χ4v) is 3.25. The second kappa shape index (κ2) is 7.97. The Morgan fingerprint density at radius 3 is 2.58 bits per heavy atom. The lowest BCUT2D eigenvalue weighted by Gasteiger charge is -2.17. The summed E-state index contributed by atoms with van der Waals surface area (Å²) in [7, 11) is 1.74. The Bertz CT molecular complexity index is 742. The second-order valence-electron chi connectivity index (χ2n) is 5.29. The third-order valence-corrected chi connectivity index (χ3v) is 4.83. The smallest absolute Gasteiger partial charge is 0.156 e. The number of rotatable bonds is 5. The zero-order valence-electron chi connectivity index (χ0n) is 14.6. The van der Waals surface area contributed by atoms with Crippen LogP contribution in [0.15, 0.2) is 45.9 Å².